The molecule has 5 nitrogen and oxygen atoms in total. The molecule has 0 aliphatic rings. The first-order valence-electron chi connectivity index (χ1n) is 6.50. The highest BCUT2D eigenvalue weighted by atomic mass is 32.2. The Morgan fingerprint density at radius 2 is 1.45 bits per heavy atom. The van der Waals surface area contributed by atoms with E-state index in [0.717, 1.165) is 16.5 Å². The number of anilines is 2. The molecule has 0 unspecified atom stereocenters. The molecule has 0 saturated carbocycles. The Morgan fingerprint density at radius 1 is 0.818 bits per heavy atom. The fourth-order valence-corrected chi connectivity index (χ4v) is 2.75. The van der Waals surface area contributed by atoms with E-state index in [2.05, 4.69) is 5.32 Å². The van der Waals surface area contributed by atoms with Crippen molar-refractivity contribution in [2.24, 2.45) is 0 Å². The summed E-state index contributed by atoms with van der Waals surface area (Å²) in [6.07, 6.45) is 0. The third-order valence-electron chi connectivity index (χ3n) is 3.33. The van der Waals surface area contributed by atoms with E-state index < -0.39 is 10.1 Å². The largest absolute Gasteiger partial charge is 0.507 e. The van der Waals surface area contributed by atoms with Gasteiger partial charge in [-0.25, -0.2) is 0 Å². The van der Waals surface area contributed by atoms with Crippen LogP contribution in [0.5, 0.6) is 5.75 Å². The molecule has 22 heavy (non-hydrogen) atoms. The van der Waals surface area contributed by atoms with E-state index in [1.165, 1.54) is 12.1 Å². The third kappa shape index (κ3) is 2.74. The lowest BCUT2D eigenvalue weighted by atomic mass is 10.1. The van der Waals surface area contributed by atoms with Crippen molar-refractivity contribution < 1.29 is 18.1 Å². The monoisotopic (exact) mass is 315 g/mol. The van der Waals surface area contributed by atoms with E-state index in [4.69, 9.17) is 4.55 Å². The van der Waals surface area contributed by atoms with Crippen LogP contribution in [-0.2, 0) is 10.1 Å². The molecule has 0 fully saturated rings. The second-order valence-corrected chi connectivity index (χ2v) is 6.22. The van der Waals surface area contributed by atoms with Gasteiger partial charge >= 0.3 is 0 Å². The number of benzene rings is 3. The van der Waals surface area contributed by atoms with Crippen LogP contribution in [0.2, 0.25) is 0 Å². The fraction of sp³-hybridized carbons (Fsp3) is 0. The summed E-state index contributed by atoms with van der Waals surface area (Å²) in [7, 11) is -4.19. The number of nitrogens with one attached hydrogen (secondary N) is 1. The summed E-state index contributed by atoms with van der Waals surface area (Å²) in [4.78, 5) is -0.159. The first-order valence-corrected chi connectivity index (χ1v) is 7.94. The second-order valence-electron chi connectivity index (χ2n) is 4.80. The molecular formula is C16H13NO4S. The van der Waals surface area contributed by atoms with Crippen molar-refractivity contribution in [3.63, 3.8) is 0 Å². The maximum atomic E-state index is 11.0. The normalized spacial score (nSPS) is 11.5. The lowest BCUT2D eigenvalue weighted by molar-refractivity contribution is 0.481. The smallest absolute Gasteiger partial charge is 0.294 e. The quantitative estimate of drug-likeness (QED) is 0.644. The first-order chi connectivity index (χ1) is 10.4. The van der Waals surface area contributed by atoms with Gasteiger partial charge in [0.15, 0.2) is 0 Å². The molecular weight excluding hydrogens is 302 g/mol. The van der Waals surface area contributed by atoms with E-state index >= 15 is 0 Å². The van der Waals surface area contributed by atoms with E-state index in [9.17, 15) is 13.5 Å². The minimum absolute atomic E-state index is 0.159. The molecule has 0 atom stereocenters. The zero-order valence-corrected chi connectivity index (χ0v) is 12.2. The molecule has 0 aliphatic carbocycles. The molecule has 112 valence electrons. The summed E-state index contributed by atoms with van der Waals surface area (Å²) in [6.45, 7) is 0. The number of rotatable bonds is 3. The highest BCUT2D eigenvalue weighted by Gasteiger charge is 2.09. The summed E-state index contributed by atoms with van der Waals surface area (Å²) in [5, 5.41) is 14.6. The van der Waals surface area contributed by atoms with Gasteiger partial charge in [-0.3, -0.25) is 4.55 Å². The van der Waals surface area contributed by atoms with Crippen molar-refractivity contribution in [3.05, 3.63) is 60.7 Å². The van der Waals surface area contributed by atoms with E-state index in [1.54, 1.807) is 24.3 Å². The molecule has 0 saturated heterocycles. The van der Waals surface area contributed by atoms with E-state index in [-0.39, 0.29) is 10.6 Å². The average Bonchev–Trinajstić information content (AvgIpc) is 2.48. The van der Waals surface area contributed by atoms with Crippen molar-refractivity contribution in [1.29, 1.82) is 0 Å². The number of aromatic hydroxyl groups is 1. The average molecular weight is 315 g/mol. The number of phenols is 1. The van der Waals surface area contributed by atoms with E-state index in [1.807, 2.05) is 24.3 Å². The van der Waals surface area contributed by atoms with Crippen molar-refractivity contribution >= 4 is 32.3 Å². The zero-order valence-electron chi connectivity index (χ0n) is 11.4. The topological polar surface area (TPSA) is 86.6 Å². The predicted octanol–water partition coefficient (Wildman–Crippen LogP) is 3.54. The highest BCUT2D eigenvalue weighted by molar-refractivity contribution is 7.85. The summed E-state index contributed by atoms with van der Waals surface area (Å²) in [6, 6.07) is 16.5. The van der Waals surface area contributed by atoms with Crippen LogP contribution in [-0.4, -0.2) is 18.1 Å². The molecule has 0 spiro atoms. The van der Waals surface area contributed by atoms with Crippen LogP contribution >= 0.6 is 0 Å². The van der Waals surface area contributed by atoms with Crippen molar-refractivity contribution in [2.45, 2.75) is 4.90 Å². The molecule has 0 heterocycles. The summed E-state index contributed by atoms with van der Waals surface area (Å²) < 4.78 is 31.0. The molecule has 0 bridgehead atoms. The third-order valence-corrected chi connectivity index (χ3v) is 4.20. The number of hydrogen-bond acceptors (Lipinski definition) is 4. The van der Waals surface area contributed by atoms with Gasteiger partial charge in [0.1, 0.15) is 5.75 Å². The summed E-state index contributed by atoms with van der Waals surface area (Å²) in [5.41, 5.74) is 1.45. The van der Waals surface area contributed by atoms with Crippen LogP contribution in [0.25, 0.3) is 10.8 Å². The molecule has 3 aromatic carbocycles. The van der Waals surface area contributed by atoms with Gasteiger partial charge < -0.3 is 10.4 Å². The molecule has 0 radical (unpaired) electrons. The molecule has 0 amide bonds. The molecule has 3 rings (SSSR count). The van der Waals surface area contributed by atoms with Crippen molar-refractivity contribution in [1.82, 2.24) is 0 Å². The lowest BCUT2D eigenvalue weighted by Gasteiger charge is -2.11. The molecule has 0 aliphatic heterocycles. The van der Waals surface area contributed by atoms with Gasteiger partial charge in [-0.2, -0.15) is 8.42 Å². The van der Waals surface area contributed by atoms with E-state index in [0.29, 0.717) is 5.69 Å². The molecule has 6 heteroatoms. The fourth-order valence-electron chi connectivity index (χ4n) is 2.27. The minimum atomic E-state index is -4.19. The van der Waals surface area contributed by atoms with Crippen LogP contribution in [0.15, 0.2) is 65.6 Å². The number of hydrogen-bond donors (Lipinski definition) is 3. The Labute approximate surface area is 127 Å². The second kappa shape index (κ2) is 5.32. The maximum absolute atomic E-state index is 11.0. The van der Waals surface area contributed by atoms with Gasteiger partial charge in [-0.05, 0) is 36.4 Å². The Bertz CT molecular complexity index is 934. The predicted molar refractivity (Wildman–Crippen MR) is 85.2 cm³/mol. The lowest BCUT2D eigenvalue weighted by Crippen LogP contribution is -1.98. The molecule has 3 aromatic rings. The summed E-state index contributed by atoms with van der Waals surface area (Å²) in [5.74, 6) is 0.197. The maximum Gasteiger partial charge on any atom is 0.294 e. The van der Waals surface area contributed by atoms with Crippen LogP contribution in [0.4, 0.5) is 11.4 Å². The highest BCUT2D eigenvalue weighted by Crippen LogP contribution is 2.31. The van der Waals surface area contributed by atoms with Gasteiger partial charge in [0.05, 0.1) is 4.90 Å². The van der Waals surface area contributed by atoms with Crippen LogP contribution in [0, 0.1) is 0 Å². The number of fused-ring (bicyclic) bond motifs is 1. The van der Waals surface area contributed by atoms with Crippen LogP contribution in [0.3, 0.4) is 0 Å². The van der Waals surface area contributed by atoms with Gasteiger partial charge in [0, 0.05) is 22.1 Å². The SMILES string of the molecule is O=S(=O)(O)c1ccc(Nc2cccc3c(O)cccc23)cc1. The van der Waals surface area contributed by atoms with Gasteiger partial charge in [0.2, 0.25) is 0 Å². The zero-order chi connectivity index (χ0) is 15.7. The van der Waals surface area contributed by atoms with Crippen LogP contribution in [0.1, 0.15) is 0 Å². The molecule has 3 N–H and O–H groups in total. The Kier molecular flexibility index (Phi) is 3.48. The van der Waals surface area contributed by atoms with Crippen molar-refractivity contribution in [3.8, 4) is 5.75 Å². The Hall–Kier alpha value is -2.57. The Morgan fingerprint density at radius 3 is 2.14 bits per heavy atom. The first kappa shape index (κ1) is 14.4. The van der Waals surface area contributed by atoms with Crippen LogP contribution < -0.4 is 5.32 Å². The van der Waals surface area contributed by atoms with Gasteiger partial charge in [0.25, 0.3) is 10.1 Å². The van der Waals surface area contributed by atoms with Crippen molar-refractivity contribution in [2.75, 3.05) is 5.32 Å². The van der Waals surface area contributed by atoms with Gasteiger partial charge in [-0.1, -0.05) is 24.3 Å². The Balaban J connectivity index is 1.99. The number of phenolic OH excluding ortho intramolecular Hbond substituents is 1. The minimum Gasteiger partial charge on any atom is -0.507 e. The van der Waals surface area contributed by atoms with Gasteiger partial charge in [-0.15, -0.1) is 0 Å². The summed E-state index contributed by atoms with van der Waals surface area (Å²) >= 11 is 0. The standard InChI is InChI=1S/C16H13NO4S/c18-16-6-2-3-13-14(16)4-1-5-15(13)17-11-7-9-12(10-8-11)22(19,20)21/h1-10,17-18H,(H,19,20,21). The molecule has 0 aromatic heterocycles.